The number of Topliss-reactive ketones (excluding diaryl/α,β-unsaturated/α-hetero) is 1. The highest BCUT2D eigenvalue weighted by molar-refractivity contribution is 6.37. The quantitative estimate of drug-likeness (QED) is 0.536. The summed E-state index contributed by atoms with van der Waals surface area (Å²) in [7, 11) is 0. The van der Waals surface area contributed by atoms with Gasteiger partial charge >= 0.3 is 0 Å². The first-order valence-electron chi connectivity index (χ1n) is 4.36. The predicted molar refractivity (Wildman–Crippen MR) is 55.3 cm³/mol. The van der Waals surface area contributed by atoms with Gasteiger partial charge in [-0.15, -0.1) is 11.6 Å². The third kappa shape index (κ3) is 2.31. The molecule has 0 aliphatic heterocycles. The van der Waals surface area contributed by atoms with Crippen molar-refractivity contribution in [3.05, 3.63) is 35.9 Å². The van der Waals surface area contributed by atoms with Crippen molar-refractivity contribution in [2.75, 3.05) is 0 Å². The highest BCUT2D eigenvalue weighted by Crippen LogP contribution is 2.23. The van der Waals surface area contributed by atoms with Crippen molar-refractivity contribution >= 4 is 17.4 Å². The molecule has 13 heavy (non-hydrogen) atoms. The lowest BCUT2D eigenvalue weighted by Gasteiger charge is -2.17. The standard InChI is InChI=1S/C11H13ClO/c1-3-11(2,12)10(13)9-7-5-4-6-8-9/h4-8H,3H2,1-2H3. The second kappa shape index (κ2) is 3.93. The van der Waals surface area contributed by atoms with Crippen molar-refractivity contribution in [3.8, 4) is 0 Å². The van der Waals surface area contributed by atoms with Crippen molar-refractivity contribution < 1.29 is 4.79 Å². The third-order valence-electron chi connectivity index (χ3n) is 2.17. The second-order valence-electron chi connectivity index (χ2n) is 3.25. The van der Waals surface area contributed by atoms with Crippen LogP contribution in [0.2, 0.25) is 0 Å². The number of carbonyl (C=O) groups excluding carboxylic acids is 1. The van der Waals surface area contributed by atoms with E-state index >= 15 is 0 Å². The van der Waals surface area contributed by atoms with Gasteiger partial charge in [-0.2, -0.15) is 0 Å². The summed E-state index contributed by atoms with van der Waals surface area (Å²) in [6.45, 7) is 3.66. The van der Waals surface area contributed by atoms with E-state index in [0.29, 0.717) is 12.0 Å². The topological polar surface area (TPSA) is 17.1 Å². The Kier molecular flexibility index (Phi) is 3.10. The number of alkyl halides is 1. The molecule has 0 fully saturated rings. The molecule has 0 saturated carbocycles. The van der Waals surface area contributed by atoms with E-state index in [4.69, 9.17) is 11.6 Å². The van der Waals surface area contributed by atoms with Crippen LogP contribution in [0.5, 0.6) is 0 Å². The lowest BCUT2D eigenvalue weighted by atomic mass is 9.96. The van der Waals surface area contributed by atoms with Gasteiger partial charge in [0.1, 0.15) is 4.87 Å². The Balaban J connectivity index is 2.93. The minimum atomic E-state index is -0.763. The molecule has 0 amide bonds. The van der Waals surface area contributed by atoms with Gasteiger partial charge in [-0.05, 0) is 13.3 Å². The molecule has 1 rings (SSSR count). The summed E-state index contributed by atoms with van der Waals surface area (Å²) in [5, 5.41) is 0. The minimum Gasteiger partial charge on any atom is -0.292 e. The Hall–Kier alpha value is -0.820. The van der Waals surface area contributed by atoms with E-state index in [1.165, 1.54) is 0 Å². The summed E-state index contributed by atoms with van der Waals surface area (Å²) in [4.78, 5) is 11.0. The maximum absolute atomic E-state index is 11.8. The SMILES string of the molecule is CCC(C)(Cl)C(=O)c1ccccc1. The molecule has 1 atom stereocenters. The molecule has 1 aromatic carbocycles. The highest BCUT2D eigenvalue weighted by Gasteiger charge is 2.28. The smallest absolute Gasteiger partial charge is 0.183 e. The summed E-state index contributed by atoms with van der Waals surface area (Å²) >= 11 is 6.06. The molecule has 0 radical (unpaired) electrons. The molecule has 2 heteroatoms. The number of hydrogen-bond acceptors (Lipinski definition) is 1. The van der Waals surface area contributed by atoms with Crippen LogP contribution in [-0.2, 0) is 0 Å². The summed E-state index contributed by atoms with van der Waals surface area (Å²) in [6.07, 6.45) is 0.641. The molecule has 0 heterocycles. The lowest BCUT2D eigenvalue weighted by molar-refractivity contribution is 0.0944. The molecule has 1 aromatic rings. The number of benzene rings is 1. The predicted octanol–water partition coefficient (Wildman–Crippen LogP) is 3.28. The molecule has 0 N–H and O–H groups in total. The van der Waals surface area contributed by atoms with Crippen LogP contribution in [0, 0.1) is 0 Å². The molecular formula is C11H13ClO. The molecule has 0 bridgehead atoms. The van der Waals surface area contributed by atoms with Crippen molar-refractivity contribution in [2.45, 2.75) is 25.1 Å². The summed E-state index contributed by atoms with van der Waals surface area (Å²) < 4.78 is 0. The van der Waals surface area contributed by atoms with Crippen LogP contribution >= 0.6 is 11.6 Å². The second-order valence-corrected chi connectivity index (χ2v) is 4.08. The largest absolute Gasteiger partial charge is 0.292 e. The number of halogens is 1. The number of carbonyl (C=O) groups is 1. The molecule has 1 unspecified atom stereocenters. The van der Waals surface area contributed by atoms with Crippen molar-refractivity contribution in [1.82, 2.24) is 0 Å². The van der Waals surface area contributed by atoms with Gasteiger partial charge in [-0.3, -0.25) is 4.79 Å². The monoisotopic (exact) mass is 196 g/mol. The van der Waals surface area contributed by atoms with E-state index in [1.807, 2.05) is 25.1 Å². The maximum Gasteiger partial charge on any atom is 0.183 e. The molecule has 0 aliphatic carbocycles. The van der Waals surface area contributed by atoms with E-state index in [2.05, 4.69) is 0 Å². The van der Waals surface area contributed by atoms with Crippen molar-refractivity contribution in [1.29, 1.82) is 0 Å². The fourth-order valence-electron chi connectivity index (χ4n) is 1.05. The van der Waals surface area contributed by atoms with Crippen LogP contribution in [0.3, 0.4) is 0 Å². The van der Waals surface area contributed by atoms with E-state index < -0.39 is 4.87 Å². The normalized spacial score (nSPS) is 15.0. The van der Waals surface area contributed by atoms with Crippen LogP contribution in [-0.4, -0.2) is 10.7 Å². The lowest BCUT2D eigenvalue weighted by Crippen LogP contribution is -2.27. The molecule has 70 valence electrons. The van der Waals surface area contributed by atoms with Gasteiger partial charge in [-0.25, -0.2) is 0 Å². The summed E-state index contributed by atoms with van der Waals surface area (Å²) in [5.74, 6) is -0.00253. The average molecular weight is 197 g/mol. The van der Waals surface area contributed by atoms with Gasteiger partial charge in [0.05, 0.1) is 0 Å². The van der Waals surface area contributed by atoms with E-state index in [1.54, 1.807) is 19.1 Å². The molecule has 0 aliphatic rings. The first kappa shape index (κ1) is 10.3. The Morgan fingerprint density at radius 3 is 2.38 bits per heavy atom. The first-order valence-corrected chi connectivity index (χ1v) is 4.74. The Morgan fingerprint density at radius 2 is 1.92 bits per heavy atom. The van der Waals surface area contributed by atoms with Gasteiger partial charge in [0, 0.05) is 5.56 Å². The van der Waals surface area contributed by atoms with Crippen LogP contribution in [0.1, 0.15) is 30.6 Å². The molecule has 1 nitrogen and oxygen atoms in total. The fourth-order valence-corrected chi connectivity index (χ4v) is 1.16. The van der Waals surface area contributed by atoms with Gasteiger partial charge in [0.2, 0.25) is 0 Å². The molecular weight excluding hydrogens is 184 g/mol. The fraction of sp³-hybridized carbons (Fsp3) is 0.364. The Bertz CT molecular complexity index is 290. The van der Waals surface area contributed by atoms with Gasteiger partial charge < -0.3 is 0 Å². The molecule has 0 aromatic heterocycles. The van der Waals surface area contributed by atoms with Crippen LogP contribution < -0.4 is 0 Å². The average Bonchev–Trinajstić information content (AvgIpc) is 2.18. The zero-order valence-electron chi connectivity index (χ0n) is 7.88. The Morgan fingerprint density at radius 1 is 1.38 bits per heavy atom. The number of rotatable bonds is 3. The van der Waals surface area contributed by atoms with E-state index in [-0.39, 0.29) is 5.78 Å². The molecule has 0 saturated heterocycles. The Labute approximate surface area is 83.7 Å². The zero-order chi connectivity index (χ0) is 9.90. The maximum atomic E-state index is 11.8. The van der Waals surface area contributed by atoms with Crippen LogP contribution in [0.15, 0.2) is 30.3 Å². The first-order chi connectivity index (χ1) is 6.08. The molecule has 0 spiro atoms. The van der Waals surface area contributed by atoms with E-state index in [9.17, 15) is 4.79 Å². The number of ketones is 1. The van der Waals surface area contributed by atoms with Gasteiger partial charge in [0.25, 0.3) is 0 Å². The zero-order valence-corrected chi connectivity index (χ0v) is 8.64. The highest BCUT2D eigenvalue weighted by atomic mass is 35.5. The van der Waals surface area contributed by atoms with Crippen molar-refractivity contribution in [3.63, 3.8) is 0 Å². The summed E-state index contributed by atoms with van der Waals surface area (Å²) in [5.41, 5.74) is 0.682. The van der Waals surface area contributed by atoms with E-state index in [0.717, 1.165) is 0 Å². The van der Waals surface area contributed by atoms with Crippen LogP contribution in [0.25, 0.3) is 0 Å². The summed E-state index contributed by atoms with van der Waals surface area (Å²) in [6, 6.07) is 9.15. The van der Waals surface area contributed by atoms with Gasteiger partial charge in [0.15, 0.2) is 5.78 Å². The van der Waals surface area contributed by atoms with Crippen molar-refractivity contribution in [2.24, 2.45) is 0 Å². The van der Waals surface area contributed by atoms with Crippen LogP contribution in [0.4, 0.5) is 0 Å². The van der Waals surface area contributed by atoms with Gasteiger partial charge in [-0.1, -0.05) is 37.3 Å². The number of hydrogen-bond donors (Lipinski definition) is 0. The minimum absolute atomic E-state index is 0.00253. The third-order valence-corrected chi connectivity index (χ3v) is 2.61.